The summed E-state index contributed by atoms with van der Waals surface area (Å²) in [5, 5.41) is 0.00869. The van der Waals surface area contributed by atoms with Crippen molar-refractivity contribution in [3.05, 3.63) is 80.4 Å². The summed E-state index contributed by atoms with van der Waals surface area (Å²) >= 11 is 2.52. The van der Waals surface area contributed by atoms with E-state index in [0.29, 0.717) is 6.61 Å². The van der Waals surface area contributed by atoms with E-state index in [1.165, 1.54) is 9.15 Å². The molecule has 196 valence electrons. The van der Waals surface area contributed by atoms with E-state index in [1.54, 1.807) is 6.92 Å². The summed E-state index contributed by atoms with van der Waals surface area (Å²) in [6.07, 6.45) is 1.39. The molecule has 3 nitrogen and oxygen atoms in total. The van der Waals surface area contributed by atoms with Crippen LogP contribution < -0.4 is 0 Å². The second kappa shape index (κ2) is 10.8. The first-order chi connectivity index (χ1) is 16.6. The number of ketones is 1. The van der Waals surface area contributed by atoms with Crippen molar-refractivity contribution in [3.8, 4) is 0 Å². The largest absolute Gasteiger partial charge is 0.407 e. The molecule has 1 aliphatic carbocycles. The van der Waals surface area contributed by atoms with Crippen LogP contribution in [0.25, 0.3) is 0 Å². The van der Waals surface area contributed by atoms with Crippen LogP contribution in [0.1, 0.15) is 88.9 Å². The molecule has 1 aliphatic rings. The molecule has 0 spiro atoms. The van der Waals surface area contributed by atoms with Gasteiger partial charge in [0.1, 0.15) is 11.7 Å². The SMILES string of the molecule is CC(=O)c1ccccc1[C@H](O[Si](C)(C)C(C)(C)C)[C@@]1(OCc2ccccc2)CCC(C)=C(I)C1(C)C. The highest BCUT2D eigenvalue weighted by atomic mass is 127. The molecule has 0 bridgehead atoms. The highest BCUT2D eigenvalue weighted by Gasteiger charge is 2.58. The maximum absolute atomic E-state index is 12.9. The molecule has 0 aromatic heterocycles. The van der Waals surface area contributed by atoms with E-state index in [9.17, 15) is 4.79 Å². The van der Waals surface area contributed by atoms with Crippen LogP contribution in [-0.2, 0) is 15.8 Å². The van der Waals surface area contributed by atoms with Crippen LogP contribution in [0.15, 0.2) is 63.8 Å². The quantitative estimate of drug-likeness (QED) is 0.168. The van der Waals surface area contributed by atoms with Crippen molar-refractivity contribution in [3.63, 3.8) is 0 Å². The smallest absolute Gasteiger partial charge is 0.193 e. The number of hydrogen-bond acceptors (Lipinski definition) is 3. The number of allylic oxidation sites excluding steroid dienone is 1. The van der Waals surface area contributed by atoms with Gasteiger partial charge < -0.3 is 9.16 Å². The molecule has 0 aliphatic heterocycles. The van der Waals surface area contributed by atoms with E-state index in [0.717, 1.165) is 29.5 Å². The van der Waals surface area contributed by atoms with Gasteiger partial charge in [0.15, 0.2) is 14.1 Å². The standard InChI is InChI=1S/C31H43IO3Si/c1-22-19-20-31(30(6,7)27(22)32,34-21-24-15-11-10-12-16-24)28(35-36(8,9)29(3,4)5)26-18-14-13-17-25(26)23(2)33/h10-18,28H,19-21H2,1-9H3/t28-,31-/m0/s1. The Balaban J connectivity index is 2.29. The monoisotopic (exact) mass is 618 g/mol. The van der Waals surface area contributed by atoms with Crippen molar-refractivity contribution in [2.45, 2.75) is 97.8 Å². The lowest BCUT2D eigenvalue weighted by Crippen LogP contribution is -2.57. The van der Waals surface area contributed by atoms with Gasteiger partial charge in [0.25, 0.3) is 0 Å². The molecular formula is C31H43IO3Si. The van der Waals surface area contributed by atoms with Crippen molar-refractivity contribution in [2.75, 3.05) is 0 Å². The van der Waals surface area contributed by atoms with Gasteiger partial charge in [-0.15, -0.1) is 0 Å². The van der Waals surface area contributed by atoms with Gasteiger partial charge >= 0.3 is 0 Å². The first-order valence-corrected chi connectivity index (χ1v) is 16.9. The number of carbonyl (C=O) groups is 1. The average Bonchev–Trinajstić information content (AvgIpc) is 2.81. The zero-order chi connectivity index (χ0) is 26.9. The second-order valence-corrected chi connectivity index (χ2v) is 18.1. The van der Waals surface area contributed by atoms with Gasteiger partial charge in [0.05, 0.1) is 6.61 Å². The third-order valence-electron chi connectivity index (χ3n) is 8.46. The van der Waals surface area contributed by atoms with E-state index in [-0.39, 0.29) is 22.3 Å². The number of hydrogen-bond donors (Lipinski definition) is 0. The van der Waals surface area contributed by atoms with E-state index in [1.807, 2.05) is 24.3 Å². The average molecular weight is 619 g/mol. The van der Waals surface area contributed by atoms with Crippen molar-refractivity contribution in [1.82, 2.24) is 0 Å². The van der Waals surface area contributed by atoms with Crippen molar-refractivity contribution < 1.29 is 14.0 Å². The summed E-state index contributed by atoms with van der Waals surface area (Å²) in [6, 6.07) is 18.4. The summed E-state index contributed by atoms with van der Waals surface area (Å²) in [4.78, 5) is 12.9. The van der Waals surface area contributed by atoms with Gasteiger partial charge in [-0.05, 0) is 82.1 Å². The highest BCUT2D eigenvalue weighted by molar-refractivity contribution is 14.1. The summed E-state index contributed by atoms with van der Waals surface area (Å²) in [5.41, 5.74) is 3.24. The van der Waals surface area contributed by atoms with Gasteiger partial charge in [-0.3, -0.25) is 4.79 Å². The zero-order valence-corrected chi connectivity index (χ0v) is 26.7. The lowest BCUT2D eigenvalue weighted by Gasteiger charge is -2.56. The number of benzene rings is 2. The molecule has 5 heteroatoms. The summed E-state index contributed by atoms with van der Waals surface area (Å²) in [5.74, 6) is 0.0580. The van der Waals surface area contributed by atoms with Crippen LogP contribution in [0.3, 0.4) is 0 Å². The van der Waals surface area contributed by atoms with Gasteiger partial charge in [-0.25, -0.2) is 0 Å². The Labute approximate surface area is 233 Å². The van der Waals surface area contributed by atoms with Gasteiger partial charge in [0.2, 0.25) is 0 Å². The Hall–Kier alpha value is -1.28. The van der Waals surface area contributed by atoms with Gasteiger partial charge in [-0.1, -0.05) is 94.8 Å². The van der Waals surface area contributed by atoms with Crippen molar-refractivity contribution in [2.24, 2.45) is 5.41 Å². The predicted octanol–water partition coefficient (Wildman–Crippen LogP) is 9.44. The molecule has 0 radical (unpaired) electrons. The highest BCUT2D eigenvalue weighted by Crippen LogP contribution is 2.59. The molecule has 2 aromatic carbocycles. The number of ether oxygens (including phenoxy) is 1. The molecule has 3 rings (SSSR count). The minimum absolute atomic E-state index is 0.00869. The Bertz CT molecular complexity index is 1110. The Morgan fingerprint density at radius 3 is 2.22 bits per heavy atom. The molecule has 0 saturated carbocycles. The zero-order valence-electron chi connectivity index (χ0n) is 23.5. The van der Waals surface area contributed by atoms with Crippen molar-refractivity contribution >= 4 is 36.7 Å². The Morgan fingerprint density at radius 2 is 1.64 bits per heavy atom. The maximum atomic E-state index is 12.9. The molecule has 0 N–H and O–H groups in total. The fourth-order valence-corrected chi connectivity index (χ4v) is 7.00. The first kappa shape index (κ1) is 29.3. The van der Waals surface area contributed by atoms with Crippen LogP contribution in [0.5, 0.6) is 0 Å². The third-order valence-corrected chi connectivity index (χ3v) is 15.2. The van der Waals surface area contributed by atoms with Gasteiger partial charge in [0, 0.05) is 11.0 Å². The molecule has 0 amide bonds. The molecule has 36 heavy (non-hydrogen) atoms. The molecule has 2 atom stereocenters. The van der Waals surface area contributed by atoms with E-state index in [2.05, 4.69) is 108 Å². The molecule has 0 fully saturated rings. The first-order valence-electron chi connectivity index (χ1n) is 13.0. The number of carbonyl (C=O) groups excluding carboxylic acids is 1. The normalized spacial score (nSPS) is 21.4. The topological polar surface area (TPSA) is 35.5 Å². The predicted molar refractivity (Wildman–Crippen MR) is 161 cm³/mol. The number of Topliss-reactive ketones (excluding diaryl/α,β-unsaturated/α-hetero) is 1. The van der Waals surface area contributed by atoms with Crippen LogP contribution in [0.2, 0.25) is 18.1 Å². The minimum Gasteiger partial charge on any atom is -0.407 e. The van der Waals surface area contributed by atoms with E-state index in [4.69, 9.17) is 9.16 Å². The third kappa shape index (κ3) is 5.59. The molecule has 0 unspecified atom stereocenters. The number of rotatable bonds is 8. The van der Waals surface area contributed by atoms with E-state index < -0.39 is 13.9 Å². The Morgan fingerprint density at radius 1 is 1.06 bits per heavy atom. The molecule has 0 saturated heterocycles. The van der Waals surface area contributed by atoms with Crippen LogP contribution in [0, 0.1) is 5.41 Å². The lowest BCUT2D eigenvalue weighted by atomic mass is 9.63. The van der Waals surface area contributed by atoms with Crippen LogP contribution in [-0.4, -0.2) is 19.7 Å². The summed E-state index contributed by atoms with van der Waals surface area (Å²) < 4.78 is 15.8. The van der Waals surface area contributed by atoms with Gasteiger partial charge in [-0.2, -0.15) is 0 Å². The Kier molecular flexibility index (Phi) is 8.81. The molecule has 2 aromatic rings. The molecular weight excluding hydrogens is 575 g/mol. The molecule has 0 heterocycles. The second-order valence-electron chi connectivity index (χ2n) is 12.3. The summed E-state index contributed by atoms with van der Waals surface area (Å²) in [6.45, 7) is 20.4. The van der Waals surface area contributed by atoms with Crippen LogP contribution >= 0.6 is 22.6 Å². The maximum Gasteiger partial charge on any atom is 0.193 e. The lowest BCUT2D eigenvalue weighted by molar-refractivity contribution is -0.186. The summed E-state index contributed by atoms with van der Waals surface area (Å²) in [7, 11) is -2.26. The fourth-order valence-electron chi connectivity index (χ4n) is 5.02. The van der Waals surface area contributed by atoms with Crippen LogP contribution in [0.4, 0.5) is 0 Å². The van der Waals surface area contributed by atoms with E-state index >= 15 is 0 Å². The fraction of sp³-hybridized carbons (Fsp3) is 0.516. The van der Waals surface area contributed by atoms with Crippen molar-refractivity contribution in [1.29, 1.82) is 0 Å². The number of halogens is 1. The minimum atomic E-state index is -2.26.